The summed E-state index contributed by atoms with van der Waals surface area (Å²) in [6.45, 7) is 5.93. The van der Waals surface area contributed by atoms with E-state index in [0.29, 0.717) is 17.9 Å². The summed E-state index contributed by atoms with van der Waals surface area (Å²) in [6, 6.07) is 15.8. The molecule has 5 rings (SSSR count). The highest BCUT2D eigenvalue weighted by atomic mass is 35.5. The number of aromatic nitrogens is 4. The van der Waals surface area contributed by atoms with Crippen molar-refractivity contribution < 1.29 is 13.6 Å². The first-order chi connectivity index (χ1) is 20.4. The van der Waals surface area contributed by atoms with Crippen LogP contribution in [0.2, 0.25) is 10.0 Å². The van der Waals surface area contributed by atoms with Crippen LogP contribution in [0, 0.1) is 28.4 Å². The van der Waals surface area contributed by atoms with E-state index in [1.54, 1.807) is 37.4 Å². The average Bonchev–Trinajstić information content (AvgIpc) is 3.51. The summed E-state index contributed by atoms with van der Waals surface area (Å²) in [5.41, 5.74) is -0.834. The number of benzene rings is 3. The van der Waals surface area contributed by atoms with Gasteiger partial charge in [-0.25, -0.2) is 13.5 Å². The summed E-state index contributed by atoms with van der Waals surface area (Å²) < 4.78 is 33.1. The van der Waals surface area contributed by atoms with Gasteiger partial charge >= 0.3 is 0 Å². The van der Waals surface area contributed by atoms with E-state index in [0.717, 1.165) is 11.6 Å². The van der Waals surface area contributed by atoms with Crippen LogP contribution in [0.3, 0.4) is 0 Å². The number of nitrogens with one attached hydrogen (secondary N) is 2. The summed E-state index contributed by atoms with van der Waals surface area (Å²) in [4.78, 5) is 14.1. The first kappa shape index (κ1) is 30.5. The molecule has 1 fully saturated rings. The van der Waals surface area contributed by atoms with Crippen LogP contribution in [0.1, 0.15) is 44.2 Å². The zero-order valence-corrected chi connectivity index (χ0v) is 25.4. The van der Waals surface area contributed by atoms with Crippen molar-refractivity contribution in [1.29, 1.82) is 5.26 Å². The third-order valence-electron chi connectivity index (χ3n) is 7.76. The minimum Gasteiger partial charge on any atom is -0.325 e. The van der Waals surface area contributed by atoms with E-state index in [1.807, 2.05) is 20.8 Å². The molecule has 3 aromatic carbocycles. The fourth-order valence-electron chi connectivity index (χ4n) is 5.95. The maximum atomic E-state index is 15.8. The highest BCUT2D eigenvalue weighted by molar-refractivity contribution is 6.31. The van der Waals surface area contributed by atoms with Gasteiger partial charge in [0.25, 0.3) is 0 Å². The van der Waals surface area contributed by atoms with E-state index < -0.39 is 41.0 Å². The smallest absolute Gasteiger partial charge is 0.242 e. The second-order valence-electron chi connectivity index (χ2n) is 11.9. The van der Waals surface area contributed by atoms with Crippen LogP contribution >= 0.6 is 23.2 Å². The lowest BCUT2D eigenvalue weighted by atomic mass is 9.62. The number of rotatable bonds is 6. The summed E-state index contributed by atoms with van der Waals surface area (Å²) in [5.74, 6) is -2.65. The number of nitriles is 1. The fraction of sp³-hybridized carbons (Fsp3) is 0.323. The lowest BCUT2D eigenvalue weighted by Crippen LogP contribution is -2.45. The molecule has 1 aromatic heterocycles. The van der Waals surface area contributed by atoms with Gasteiger partial charge in [0, 0.05) is 40.8 Å². The zero-order valence-electron chi connectivity index (χ0n) is 23.9. The molecule has 0 bridgehead atoms. The molecule has 1 aliphatic heterocycles. The van der Waals surface area contributed by atoms with Gasteiger partial charge in [0.05, 0.1) is 17.1 Å². The number of amides is 1. The van der Waals surface area contributed by atoms with E-state index in [9.17, 15) is 10.1 Å². The van der Waals surface area contributed by atoms with Gasteiger partial charge in [0.1, 0.15) is 17.0 Å². The Hall–Kier alpha value is -3.91. The number of tetrazole rings is 1. The molecule has 12 heteroatoms. The third-order valence-corrected chi connectivity index (χ3v) is 8.29. The monoisotopic (exact) mass is 623 g/mol. The van der Waals surface area contributed by atoms with Crippen molar-refractivity contribution in [2.24, 2.45) is 12.5 Å². The highest BCUT2D eigenvalue weighted by Gasteiger charge is 2.61. The summed E-state index contributed by atoms with van der Waals surface area (Å²) in [6.07, 6.45) is 0.367. The van der Waals surface area contributed by atoms with Crippen molar-refractivity contribution in [3.63, 3.8) is 0 Å². The Morgan fingerprint density at radius 2 is 1.86 bits per heavy atom. The normalized spacial score (nSPS) is 21.9. The molecule has 1 saturated heterocycles. The lowest BCUT2D eigenvalue weighted by Gasteiger charge is -2.37. The first-order valence-electron chi connectivity index (χ1n) is 13.6. The molecule has 4 atom stereocenters. The second kappa shape index (κ2) is 11.6. The average molecular weight is 625 g/mol. The van der Waals surface area contributed by atoms with Crippen LogP contribution in [-0.2, 0) is 17.3 Å². The van der Waals surface area contributed by atoms with Crippen molar-refractivity contribution in [1.82, 2.24) is 25.5 Å². The lowest BCUT2D eigenvalue weighted by molar-refractivity contribution is -0.118. The highest BCUT2D eigenvalue weighted by Crippen LogP contribution is 2.52. The number of halogens is 4. The maximum absolute atomic E-state index is 15.8. The van der Waals surface area contributed by atoms with Crippen LogP contribution in [0.25, 0.3) is 11.4 Å². The predicted octanol–water partition coefficient (Wildman–Crippen LogP) is 6.42. The fourth-order valence-corrected chi connectivity index (χ4v) is 6.29. The van der Waals surface area contributed by atoms with Crippen LogP contribution < -0.4 is 10.6 Å². The number of carbonyl (C=O) groups is 1. The van der Waals surface area contributed by atoms with Gasteiger partial charge < -0.3 is 10.6 Å². The third kappa shape index (κ3) is 5.73. The van der Waals surface area contributed by atoms with Gasteiger partial charge in [0.2, 0.25) is 5.91 Å². The van der Waals surface area contributed by atoms with Crippen molar-refractivity contribution in [2.75, 3.05) is 5.32 Å². The molecule has 1 aliphatic rings. The molecule has 1 amide bonds. The second-order valence-corrected chi connectivity index (χ2v) is 12.7. The van der Waals surface area contributed by atoms with E-state index >= 15 is 8.78 Å². The minimum atomic E-state index is -1.71. The molecule has 0 radical (unpaired) electrons. The molecule has 0 spiro atoms. The zero-order chi connectivity index (χ0) is 31.1. The van der Waals surface area contributed by atoms with Crippen LogP contribution in [0.15, 0.2) is 60.7 Å². The van der Waals surface area contributed by atoms with E-state index in [2.05, 4.69) is 32.2 Å². The number of hydrogen-bond donors (Lipinski definition) is 2. The Morgan fingerprint density at radius 3 is 2.47 bits per heavy atom. The van der Waals surface area contributed by atoms with Crippen molar-refractivity contribution in [2.45, 2.75) is 50.6 Å². The Labute approximate surface area is 258 Å². The van der Waals surface area contributed by atoms with Crippen LogP contribution in [-0.4, -0.2) is 38.2 Å². The standard InChI is InChI=1S/C31H29Cl2F2N7O/c1-30(2,3)15-24-31(16-36,21-13-10-18(32)14-23(21)34)25(20-6-5-7-22(33)26(20)35)27(38-24)29(43)37-19-11-8-17(9-12-19)28-39-40-41-42(28)4/h5-14,24-25,27,38H,15H2,1-4H3,(H,37,43)/t24-,25-,27+,31-/m0/s1. The number of nitrogens with zero attached hydrogens (tertiary/aromatic N) is 5. The molecule has 0 unspecified atom stereocenters. The summed E-state index contributed by atoms with van der Waals surface area (Å²) >= 11 is 12.3. The predicted molar refractivity (Wildman–Crippen MR) is 160 cm³/mol. The van der Waals surface area contributed by atoms with Gasteiger partial charge in [-0.1, -0.05) is 62.2 Å². The molecular weight excluding hydrogens is 595 g/mol. The Bertz CT molecular complexity index is 1710. The van der Waals surface area contributed by atoms with Crippen molar-refractivity contribution >= 4 is 34.8 Å². The first-order valence-corrected chi connectivity index (χ1v) is 14.3. The molecule has 4 aromatic rings. The van der Waals surface area contributed by atoms with E-state index in [-0.39, 0.29) is 26.6 Å². The number of anilines is 1. The van der Waals surface area contributed by atoms with Gasteiger partial charge in [-0.2, -0.15) is 5.26 Å². The van der Waals surface area contributed by atoms with Gasteiger partial charge in [0.15, 0.2) is 5.82 Å². The van der Waals surface area contributed by atoms with E-state index in [4.69, 9.17) is 23.2 Å². The molecule has 0 aliphatic carbocycles. The molecule has 43 heavy (non-hydrogen) atoms. The van der Waals surface area contributed by atoms with Crippen LogP contribution in [0.5, 0.6) is 0 Å². The Kier molecular flexibility index (Phi) is 8.27. The van der Waals surface area contributed by atoms with Gasteiger partial charge in [-0.15, -0.1) is 5.10 Å². The van der Waals surface area contributed by atoms with Crippen molar-refractivity contribution in [3.05, 3.63) is 93.5 Å². The SMILES string of the molecule is Cn1nnnc1-c1ccc(NC(=O)[C@@H]2N[C@@H](CC(C)(C)C)[C@](C#N)(c3ccc(Cl)cc3F)[C@H]2c2cccc(Cl)c2F)cc1. The Balaban J connectivity index is 1.63. The number of aryl methyl sites for hydroxylation is 1. The molecular formula is C31H29Cl2F2N7O. The topological polar surface area (TPSA) is 109 Å². The van der Waals surface area contributed by atoms with Crippen LogP contribution in [0.4, 0.5) is 14.5 Å². The summed E-state index contributed by atoms with van der Waals surface area (Å²) in [5, 5.41) is 28.6. The summed E-state index contributed by atoms with van der Waals surface area (Å²) in [7, 11) is 1.71. The quantitative estimate of drug-likeness (QED) is 0.256. The molecule has 2 N–H and O–H groups in total. The van der Waals surface area contributed by atoms with Gasteiger partial charge in [-0.3, -0.25) is 4.79 Å². The maximum Gasteiger partial charge on any atom is 0.242 e. The number of hydrogen-bond acceptors (Lipinski definition) is 6. The molecule has 8 nitrogen and oxygen atoms in total. The molecule has 222 valence electrons. The van der Waals surface area contributed by atoms with Gasteiger partial charge in [-0.05, 0) is 70.3 Å². The largest absolute Gasteiger partial charge is 0.325 e. The molecule has 0 saturated carbocycles. The number of carbonyl (C=O) groups excluding carboxylic acids is 1. The Morgan fingerprint density at radius 1 is 1.14 bits per heavy atom. The van der Waals surface area contributed by atoms with E-state index in [1.165, 1.54) is 28.9 Å². The molecule has 2 heterocycles. The minimum absolute atomic E-state index is 0.0162. The van der Waals surface area contributed by atoms with Crippen molar-refractivity contribution in [3.8, 4) is 17.5 Å².